The number of carbonyl (C=O) groups excluding carboxylic acids is 12. The Hall–Kier alpha value is -7.39. The lowest BCUT2D eigenvalue weighted by Gasteiger charge is -2.38. The van der Waals surface area contributed by atoms with Crippen LogP contribution >= 0.6 is 45.8 Å². The van der Waals surface area contributed by atoms with Gasteiger partial charge in [0, 0.05) is 95.3 Å². The third kappa shape index (κ3) is 24.4. The van der Waals surface area contributed by atoms with E-state index in [1.54, 1.807) is 72.5 Å². The number of amides is 12. The average molecular weight is 1540 g/mol. The van der Waals surface area contributed by atoms with E-state index in [1.165, 1.54) is 68.9 Å². The molecular formula is C73H105Cl2IN12O12. The van der Waals surface area contributed by atoms with Gasteiger partial charge in [0.2, 0.25) is 70.9 Å². The number of hydrogen-bond donors (Lipinski definition) is 4. The lowest BCUT2D eigenvalue weighted by atomic mass is 9.95. The molecule has 2 heterocycles. The number of rotatable bonds is 16. The van der Waals surface area contributed by atoms with Crippen molar-refractivity contribution in [3.63, 3.8) is 0 Å². The van der Waals surface area contributed by atoms with Gasteiger partial charge in [-0.15, -0.1) is 0 Å². The number of halogens is 3. The van der Waals surface area contributed by atoms with E-state index < -0.39 is 151 Å². The van der Waals surface area contributed by atoms with E-state index >= 15 is 24.0 Å². The predicted octanol–water partition coefficient (Wildman–Crippen LogP) is 5.99. The van der Waals surface area contributed by atoms with Crippen LogP contribution in [0.4, 0.5) is 0 Å². The van der Waals surface area contributed by atoms with Gasteiger partial charge in [-0.25, -0.2) is 0 Å². The van der Waals surface area contributed by atoms with E-state index in [1.807, 2.05) is 53.7 Å². The zero-order chi connectivity index (χ0) is 74.4. The quantitative estimate of drug-likeness (QED) is 0.120. The molecule has 0 radical (unpaired) electrons. The summed E-state index contributed by atoms with van der Waals surface area (Å²) in [6, 6.07) is 10.2. The summed E-state index contributed by atoms with van der Waals surface area (Å²) in [5.74, 6) is -9.09. The van der Waals surface area contributed by atoms with E-state index in [0.29, 0.717) is 71.9 Å². The van der Waals surface area contributed by atoms with E-state index in [4.69, 9.17) is 23.2 Å². The normalized spacial score (nSPS) is 23.4. The summed E-state index contributed by atoms with van der Waals surface area (Å²) in [6.45, 7) is 12.0. The molecule has 4 N–H and O–H groups in total. The second-order valence-corrected chi connectivity index (χ2v) is 29.8. The van der Waals surface area contributed by atoms with Crippen LogP contribution in [0.2, 0.25) is 10.0 Å². The Kier molecular flexibility index (Phi) is 33.1. The van der Waals surface area contributed by atoms with Gasteiger partial charge in [-0.1, -0.05) is 127 Å². The monoisotopic (exact) mass is 1540 g/mol. The second-order valence-electron chi connectivity index (χ2n) is 27.7. The van der Waals surface area contributed by atoms with Crippen molar-refractivity contribution in [2.45, 2.75) is 180 Å². The fourth-order valence-corrected chi connectivity index (χ4v) is 13.3. The molecule has 0 bridgehead atoms. The maximum atomic E-state index is 15.4. The Morgan fingerprint density at radius 2 is 1.07 bits per heavy atom. The first kappa shape index (κ1) is 83.3. The van der Waals surface area contributed by atoms with Crippen LogP contribution in [0.5, 0.6) is 0 Å². The first-order valence-corrected chi connectivity index (χ1v) is 36.5. The number of hydrogen-bond acceptors (Lipinski definition) is 12. The van der Waals surface area contributed by atoms with Gasteiger partial charge < -0.3 is 60.5 Å². The van der Waals surface area contributed by atoms with Gasteiger partial charge in [0.15, 0.2) is 0 Å². The maximum absolute atomic E-state index is 15.4. The molecule has 0 unspecified atom stereocenters. The third-order valence-corrected chi connectivity index (χ3v) is 19.9. The smallest absolute Gasteiger partial charge is 0.245 e. The molecule has 0 aromatic heterocycles. The number of nitrogens with zero attached hydrogens (tertiary/aromatic N) is 8. The topological polar surface area (TPSA) is 279 Å². The van der Waals surface area contributed by atoms with Crippen molar-refractivity contribution < 1.29 is 57.5 Å². The van der Waals surface area contributed by atoms with Crippen molar-refractivity contribution in [1.82, 2.24) is 60.5 Å². The number of likely N-dealkylation sites (N-methyl/N-ethyl adjacent to an activating group) is 7. The van der Waals surface area contributed by atoms with Crippen LogP contribution in [0, 0.1) is 21.3 Å². The molecular weight excluding hydrogens is 1430 g/mol. The summed E-state index contributed by atoms with van der Waals surface area (Å²) < 4.78 is 0.834. The van der Waals surface area contributed by atoms with Crippen LogP contribution in [-0.2, 0) is 76.8 Å². The van der Waals surface area contributed by atoms with Crippen molar-refractivity contribution in [2.75, 3.05) is 82.1 Å². The molecule has 550 valence electrons. The van der Waals surface area contributed by atoms with Crippen molar-refractivity contribution >= 4 is 117 Å². The van der Waals surface area contributed by atoms with Crippen molar-refractivity contribution in [1.29, 1.82) is 0 Å². The number of unbranched alkanes of at least 4 members (excludes halogenated alkanes) is 1. The molecule has 24 nitrogen and oxygen atoms in total. The lowest BCUT2D eigenvalue weighted by Crippen LogP contribution is -2.61. The van der Waals surface area contributed by atoms with Crippen molar-refractivity contribution in [3.05, 3.63) is 103 Å². The summed E-state index contributed by atoms with van der Waals surface area (Å²) in [7, 11) is 9.78. The SMILES string of the molecule is CCCC[C@@H]1NC(=O)[C@H](Cc2cccc(I)c2)NC(=O)CN(C)C(=O)[C@H](Cc2ccc(Cl)cc2)N(C)C(=O)CN(C)C(=O)CN(C)C(=O)[C@H]([C@@H](C)CC)NC(=O)[C@H](CC(C)C)N(C)C(=O)C[C@@H](C(=O)N2CCCCC2)N(C)C(=O)[C@H](CC(C)C)NC(=O)[C@H](Cc2cccc(Cl)c2)N(C)C1=O. The molecule has 3 aromatic carbocycles. The number of likely N-dealkylation sites (tertiary alicyclic amines) is 1. The summed E-state index contributed by atoms with van der Waals surface area (Å²) >= 11 is 14.9. The number of piperidine rings is 1. The van der Waals surface area contributed by atoms with Gasteiger partial charge in [0.05, 0.1) is 26.1 Å². The molecule has 100 heavy (non-hydrogen) atoms. The summed E-state index contributed by atoms with van der Waals surface area (Å²) in [6.07, 6.45) is 3.11. The van der Waals surface area contributed by atoms with Gasteiger partial charge in [-0.05, 0) is 132 Å². The molecule has 0 spiro atoms. The van der Waals surface area contributed by atoms with E-state index in [9.17, 15) is 33.6 Å². The highest BCUT2D eigenvalue weighted by molar-refractivity contribution is 14.1. The lowest BCUT2D eigenvalue weighted by molar-refractivity contribution is -0.151. The molecule has 2 aliphatic heterocycles. The third-order valence-electron chi connectivity index (χ3n) is 18.8. The molecule has 0 saturated carbocycles. The average Bonchev–Trinajstić information content (AvgIpc) is 0.793. The van der Waals surface area contributed by atoms with Gasteiger partial charge >= 0.3 is 0 Å². The molecule has 2 saturated heterocycles. The van der Waals surface area contributed by atoms with Gasteiger partial charge in [0.1, 0.15) is 48.3 Å². The fraction of sp³-hybridized carbons (Fsp3) is 0.589. The first-order chi connectivity index (χ1) is 47.1. The summed E-state index contributed by atoms with van der Waals surface area (Å²) in [5, 5.41) is 12.3. The van der Waals surface area contributed by atoms with Crippen molar-refractivity contribution in [2.24, 2.45) is 17.8 Å². The molecule has 9 atom stereocenters. The Balaban J connectivity index is 1.67. The molecule has 5 rings (SSSR count). The predicted molar refractivity (Wildman–Crippen MR) is 393 cm³/mol. The summed E-state index contributed by atoms with van der Waals surface area (Å²) in [5.41, 5.74) is 1.81. The van der Waals surface area contributed by atoms with Gasteiger partial charge in [-0.2, -0.15) is 0 Å². The van der Waals surface area contributed by atoms with E-state index in [-0.39, 0.29) is 50.4 Å². The van der Waals surface area contributed by atoms with Crippen LogP contribution in [0.1, 0.15) is 129 Å². The Morgan fingerprint density at radius 1 is 0.510 bits per heavy atom. The highest BCUT2D eigenvalue weighted by atomic mass is 127. The van der Waals surface area contributed by atoms with Gasteiger partial charge in [-0.3, -0.25) is 57.5 Å². The molecule has 2 aliphatic rings. The van der Waals surface area contributed by atoms with Crippen molar-refractivity contribution in [3.8, 4) is 0 Å². The first-order valence-electron chi connectivity index (χ1n) is 34.7. The minimum atomic E-state index is -1.43. The highest BCUT2D eigenvalue weighted by Gasteiger charge is 2.42. The minimum Gasteiger partial charge on any atom is -0.343 e. The second kappa shape index (κ2) is 39.7. The fourth-order valence-electron chi connectivity index (χ4n) is 12.4. The zero-order valence-electron chi connectivity index (χ0n) is 60.6. The number of nitrogens with one attached hydrogen (secondary N) is 4. The Morgan fingerprint density at radius 3 is 1.67 bits per heavy atom. The van der Waals surface area contributed by atoms with Crippen LogP contribution in [-0.4, -0.2) is 240 Å². The van der Waals surface area contributed by atoms with Crippen LogP contribution < -0.4 is 21.3 Å². The summed E-state index contributed by atoms with van der Waals surface area (Å²) in [4.78, 5) is 188. The van der Waals surface area contributed by atoms with Crippen LogP contribution in [0.25, 0.3) is 0 Å². The van der Waals surface area contributed by atoms with E-state index in [0.717, 1.165) is 24.7 Å². The van der Waals surface area contributed by atoms with E-state index in [2.05, 4.69) is 43.9 Å². The highest BCUT2D eigenvalue weighted by Crippen LogP contribution is 2.24. The Labute approximate surface area is 614 Å². The molecule has 12 amide bonds. The molecule has 0 aliphatic carbocycles. The molecule has 27 heteroatoms. The zero-order valence-corrected chi connectivity index (χ0v) is 64.3. The largest absolute Gasteiger partial charge is 0.343 e. The number of carbonyl (C=O) groups is 12. The Bertz CT molecular complexity index is 3360. The standard InChI is InChI=1S/C73H105Cl2IN12O12/c1-15-17-27-54-69(96)86(13)58(40-49-23-21-25-52(75)36-49)67(94)79-56(34-45(3)4)70(97)87(14)60(72(99)88-32-19-18-20-33-88)41-62(90)84(11)57(35-46(5)6)68(95)80-65(47(7)16-2)73(100)83(10)43-63(91)81(8)44-64(92)85(12)59(39-48-28-30-51(74)31-29-48)71(98)82(9)42-61(89)77-55(66(93)78-54)38-50-24-22-26-53(76)37-50/h21-26,28-31,36-37,45-47,54-60,65H,15-20,27,32-35,38-44H2,1-14H3,(H,77,89)(H,78,93)(H,79,94)(H,80,95)/t47-,54-,55-,56-,57-,58-,59-,60-,65-/m0/s1. The van der Waals surface area contributed by atoms with Gasteiger partial charge in [0.25, 0.3) is 0 Å². The number of benzene rings is 3. The maximum Gasteiger partial charge on any atom is 0.245 e. The van der Waals surface area contributed by atoms with Crippen LogP contribution in [0.15, 0.2) is 72.8 Å². The molecule has 3 aromatic rings. The minimum absolute atomic E-state index is 0.0507. The van der Waals surface area contributed by atoms with Crippen LogP contribution in [0.3, 0.4) is 0 Å². The molecule has 2 fully saturated rings.